The molecule has 0 bridgehead atoms. The summed E-state index contributed by atoms with van der Waals surface area (Å²) in [6.45, 7) is 1.53. The number of nitrogens with two attached hydrogens (primary N) is 1. The van der Waals surface area contributed by atoms with E-state index in [1.54, 1.807) is 6.20 Å². The average Bonchev–Trinajstić information content (AvgIpc) is 2.73. The van der Waals surface area contributed by atoms with Crippen LogP contribution in [0, 0.1) is 0 Å². The van der Waals surface area contributed by atoms with Gasteiger partial charge in [-0.3, -0.25) is 14.4 Å². The van der Waals surface area contributed by atoms with E-state index in [0.29, 0.717) is 23.5 Å². The fraction of sp³-hybridized carbons (Fsp3) is 0.0952. The summed E-state index contributed by atoms with van der Waals surface area (Å²) in [5, 5.41) is 1.91. The van der Waals surface area contributed by atoms with Crippen molar-refractivity contribution in [1.29, 1.82) is 0 Å². The Kier molecular flexibility index (Phi) is 5.94. The number of rotatable bonds is 4. The fourth-order valence-corrected chi connectivity index (χ4v) is 2.69. The Labute approximate surface area is 165 Å². The van der Waals surface area contributed by atoms with Crippen molar-refractivity contribution in [2.45, 2.75) is 13.5 Å². The number of hydrogen-bond acceptors (Lipinski definition) is 7. The van der Waals surface area contributed by atoms with Gasteiger partial charge < -0.3 is 15.5 Å². The highest BCUT2D eigenvalue weighted by Gasteiger charge is 2.08. The van der Waals surface area contributed by atoms with Gasteiger partial charge in [-0.2, -0.15) is 0 Å². The number of ether oxygens (including phenoxy) is 1. The van der Waals surface area contributed by atoms with Crippen molar-refractivity contribution >= 4 is 39.7 Å². The van der Waals surface area contributed by atoms with E-state index in [1.807, 2.05) is 42.5 Å². The Morgan fingerprint density at radius 2 is 1.86 bits per heavy atom. The molecule has 0 radical (unpaired) electrons. The first-order chi connectivity index (χ1) is 14.0. The second-order valence-electron chi connectivity index (χ2n) is 6.13. The number of pyridine rings is 1. The Bertz CT molecular complexity index is 1250. The van der Waals surface area contributed by atoms with Crippen LogP contribution in [0.1, 0.15) is 12.5 Å². The summed E-state index contributed by atoms with van der Waals surface area (Å²) in [6, 6.07) is 13.3. The van der Waals surface area contributed by atoms with Gasteiger partial charge in [-0.25, -0.2) is 9.97 Å². The molecule has 0 aliphatic rings. The molecular formula is C21H18N4O4. The van der Waals surface area contributed by atoms with Crippen LogP contribution in [0.3, 0.4) is 0 Å². The summed E-state index contributed by atoms with van der Waals surface area (Å²) in [5.74, 6) is 0.319. The molecule has 2 aromatic carbocycles. The summed E-state index contributed by atoms with van der Waals surface area (Å²) >= 11 is 0. The number of nitrogens with zero attached hydrogens (tertiary/aromatic N) is 2. The molecule has 2 aromatic heterocycles. The molecule has 146 valence electrons. The number of carbonyl (C=O) groups excluding carboxylic acids is 2. The Hall–Kier alpha value is -4.07. The van der Waals surface area contributed by atoms with Gasteiger partial charge in [-0.1, -0.05) is 24.3 Å². The summed E-state index contributed by atoms with van der Waals surface area (Å²) < 4.78 is 5.98. The third-order valence-electron chi connectivity index (χ3n) is 4.03. The predicted octanol–water partition coefficient (Wildman–Crippen LogP) is 2.41. The number of anilines is 1. The number of hydrogen-bond donors (Lipinski definition) is 2. The molecule has 0 aliphatic heterocycles. The van der Waals surface area contributed by atoms with Crippen LogP contribution in [0.2, 0.25) is 0 Å². The first kappa shape index (κ1) is 19.7. The van der Waals surface area contributed by atoms with Gasteiger partial charge in [0.15, 0.2) is 17.7 Å². The molecule has 0 amide bonds. The van der Waals surface area contributed by atoms with Crippen LogP contribution in [0.5, 0.6) is 5.75 Å². The van der Waals surface area contributed by atoms with Crippen molar-refractivity contribution in [2.24, 2.45) is 0 Å². The second-order valence-corrected chi connectivity index (χ2v) is 6.13. The van der Waals surface area contributed by atoms with Crippen LogP contribution in [0.25, 0.3) is 21.9 Å². The summed E-state index contributed by atoms with van der Waals surface area (Å²) in [4.78, 5) is 40.9. The van der Waals surface area contributed by atoms with Gasteiger partial charge >= 0.3 is 0 Å². The van der Waals surface area contributed by atoms with Crippen LogP contribution >= 0.6 is 0 Å². The van der Waals surface area contributed by atoms with E-state index in [-0.39, 0.29) is 11.8 Å². The molecule has 0 fully saturated rings. The highest BCUT2D eigenvalue weighted by molar-refractivity contribution is 6.23. The van der Waals surface area contributed by atoms with Gasteiger partial charge in [0.05, 0.1) is 6.20 Å². The summed E-state index contributed by atoms with van der Waals surface area (Å²) in [6.07, 6.45) is 3.14. The molecule has 0 saturated carbocycles. The lowest BCUT2D eigenvalue weighted by molar-refractivity contribution is -0.128. The van der Waals surface area contributed by atoms with Gasteiger partial charge in [-0.05, 0) is 18.2 Å². The van der Waals surface area contributed by atoms with Gasteiger partial charge in [0.1, 0.15) is 17.9 Å². The monoisotopic (exact) mass is 390 g/mol. The van der Waals surface area contributed by atoms with Crippen molar-refractivity contribution < 1.29 is 14.3 Å². The van der Waals surface area contributed by atoms with Crippen LogP contribution in [0.15, 0.2) is 59.7 Å². The normalized spacial score (nSPS) is 10.2. The number of carbonyl (C=O) groups is 2. The summed E-state index contributed by atoms with van der Waals surface area (Å²) in [5.41, 5.74) is 8.36. The van der Waals surface area contributed by atoms with Crippen LogP contribution in [-0.2, 0) is 16.2 Å². The lowest BCUT2D eigenvalue weighted by atomic mass is 10.1. The molecule has 8 nitrogen and oxygen atoms in total. The molecule has 0 aliphatic carbocycles. The van der Waals surface area contributed by atoms with E-state index in [1.165, 1.54) is 13.1 Å². The smallest absolute Gasteiger partial charge is 0.268 e. The van der Waals surface area contributed by atoms with E-state index in [9.17, 15) is 9.59 Å². The average molecular weight is 390 g/mol. The van der Waals surface area contributed by atoms with Gasteiger partial charge in [0.2, 0.25) is 0 Å². The van der Waals surface area contributed by atoms with Crippen LogP contribution in [-0.4, -0.2) is 27.0 Å². The lowest BCUT2D eigenvalue weighted by Gasteiger charge is -2.11. The number of nitrogen functional groups attached to an aromatic ring is 1. The number of ketones is 1. The van der Waals surface area contributed by atoms with E-state index >= 15 is 0 Å². The third-order valence-corrected chi connectivity index (χ3v) is 4.03. The zero-order chi connectivity index (χ0) is 20.8. The third kappa shape index (κ3) is 4.62. The number of Topliss-reactive ketones (excluding diaryl/α,β-unsaturated/α-hetero) is 1. The minimum absolute atomic E-state index is 0.278. The number of nitrogens with one attached hydrogen (secondary N) is 1. The topological polar surface area (TPSA) is 128 Å². The minimum atomic E-state index is -0.426. The maximum Gasteiger partial charge on any atom is 0.268 e. The minimum Gasteiger partial charge on any atom is -0.488 e. The molecule has 0 saturated heterocycles. The molecule has 0 spiro atoms. The molecule has 8 heteroatoms. The number of aromatic amines is 1. The zero-order valence-corrected chi connectivity index (χ0v) is 15.6. The maximum absolute atomic E-state index is 11.4. The Morgan fingerprint density at radius 1 is 1.14 bits per heavy atom. The number of benzene rings is 2. The zero-order valence-electron chi connectivity index (χ0n) is 15.6. The Morgan fingerprint density at radius 3 is 2.59 bits per heavy atom. The van der Waals surface area contributed by atoms with Crippen molar-refractivity contribution in [3.8, 4) is 5.75 Å². The number of fused-ring (bicyclic) bond motifs is 2. The number of aromatic nitrogens is 3. The molecule has 0 atom stereocenters. The van der Waals surface area contributed by atoms with Crippen molar-refractivity contribution in [3.05, 3.63) is 70.8 Å². The fourth-order valence-electron chi connectivity index (χ4n) is 2.69. The molecule has 2 heterocycles. The van der Waals surface area contributed by atoms with Crippen molar-refractivity contribution in [3.63, 3.8) is 0 Å². The van der Waals surface area contributed by atoms with Crippen molar-refractivity contribution in [1.82, 2.24) is 15.0 Å². The largest absolute Gasteiger partial charge is 0.488 e. The molecule has 4 rings (SSSR count). The molecule has 4 aromatic rings. The van der Waals surface area contributed by atoms with Crippen LogP contribution in [0.4, 0.5) is 5.69 Å². The SMILES string of the molecule is CC(=O)C=O.Nc1ccc(OCc2ccnc3[nH]c(=O)cnc23)c2ccccc12. The predicted molar refractivity (Wildman–Crippen MR) is 110 cm³/mol. The first-order valence-corrected chi connectivity index (χ1v) is 8.68. The number of aldehydes is 1. The Balaban J connectivity index is 0.000000431. The molecule has 0 unspecified atom stereocenters. The first-order valence-electron chi connectivity index (χ1n) is 8.68. The van der Waals surface area contributed by atoms with E-state index in [0.717, 1.165) is 22.1 Å². The molecular weight excluding hydrogens is 372 g/mol. The quantitative estimate of drug-likeness (QED) is 0.311. The van der Waals surface area contributed by atoms with Gasteiger partial charge in [0, 0.05) is 35.1 Å². The van der Waals surface area contributed by atoms with Gasteiger partial charge in [-0.15, -0.1) is 0 Å². The van der Waals surface area contributed by atoms with E-state index in [4.69, 9.17) is 15.3 Å². The van der Waals surface area contributed by atoms with Crippen molar-refractivity contribution in [2.75, 3.05) is 5.73 Å². The number of H-pyrrole nitrogens is 1. The van der Waals surface area contributed by atoms with E-state index < -0.39 is 5.78 Å². The second kappa shape index (κ2) is 8.75. The van der Waals surface area contributed by atoms with Gasteiger partial charge in [0.25, 0.3) is 5.56 Å². The van der Waals surface area contributed by atoms with E-state index in [2.05, 4.69) is 15.0 Å². The highest BCUT2D eigenvalue weighted by Crippen LogP contribution is 2.30. The molecule has 29 heavy (non-hydrogen) atoms. The standard InChI is InChI=1S/C18H14N4O2.C3H4O2/c19-14-5-6-15(13-4-2-1-3-12(13)14)24-10-11-7-8-20-18-17(11)21-9-16(23)22-18;1-3(5)2-4/h1-9H,10,19H2,(H,20,22,23);2H,1H3. The highest BCUT2D eigenvalue weighted by atomic mass is 16.5. The molecule has 3 N–H and O–H groups in total. The van der Waals surface area contributed by atoms with Crippen LogP contribution < -0.4 is 16.0 Å². The summed E-state index contributed by atoms with van der Waals surface area (Å²) in [7, 11) is 0. The lowest BCUT2D eigenvalue weighted by Crippen LogP contribution is -2.08. The maximum atomic E-state index is 11.4.